The standard InChI is InChI=1S/C34H36ClN2/c1-33(19-12-22-35)28-23-25-13-5-6-14-26(25)24-30(28)37(3)31(33)17-11-18-32-34(20-9-4-10-21-34)27-15-7-8-16-29(27)36(32)2/h5-8,11-18,22-24H,4,9-10,19-21H2,1-3H3/q+1. The number of fused-ring (bicyclic) bond motifs is 4. The van der Waals surface area contributed by atoms with E-state index < -0.39 is 0 Å². The highest BCUT2D eigenvalue weighted by molar-refractivity contribution is 6.25. The predicted molar refractivity (Wildman–Crippen MR) is 159 cm³/mol. The molecule has 2 heterocycles. The molecular weight excluding hydrogens is 472 g/mol. The molecule has 3 aliphatic rings. The summed E-state index contributed by atoms with van der Waals surface area (Å²) >= 11 is 6.04. The minimum atomic E-state index is -0.151. The third-order valence-corrected chi connectivity index (χ3v) is 9.39. The van der Waals surface area contributed by atoms with Crippen molar-refractivity contribution in [2.24, 2.45) is 0 Å². The lowest BCUT2D eigenvalue weighted by Gasteiger charge is -2.31. The predicted octanol–water partition coefficient (Wildman–Crippen LogP) is 8.76. The highest BCUT2D eigenvalue weighted by Gasteiger charge is 2.50. The maximum absolute atomic E-state index is 6.04. The number of allylic oxidation sites excluding steroid dienone is 5. The first-order valence-corrected chi connectivity index (χ1v) is 14.0. The number of nitrogens with zero attached hydrogens (tertiary/aromatic N) is 2. The van der Waals surface area contributed by atoms with Gasteiger partial charge in [0.1, 0.15) is 7.05 Å². The number of rotatable bonds is 4. The van der Waals surface area contributed by atoms with Crippen LogP contribution in [0, 0.1) is 0 Å². The van der Waals surface area contributed by atoms with Crippen molar-refractivity contribution in [1.82, 2.24) is 0 Å². The van der Waals surface area contributed by atoms with Gasteiger partial charge in [0.2, 0.25) is 5.69 Å². The van der Waals surface area contributed by atoms with E-state index in [-0.39, 0.29) is 10.8 Å². The van der Waals surface area contributed by atoms with E-state index in [2.05, 4.69) is 115 Å². The fraction of sp³-hybridized carbons (Fsp3) is 0.324. The quantitative estimate of drug-likeness (QED) is 0.320. The minimum absolute atomic E-state index is 0.144. The van der Waals surface area contributed by atoms with Crippen LogP contribution in [-0.4, -0.2) is 24.4 Å². The molecule has 0 N–H and O–H groups in total. The number of para-hydroxylation sites is 1. The first-order valence-electron chi connectivity index (χ1n) is 13.6. The van der Waals surface area contributed by atoms with Gasteiger partial charge in [-0.15, -0.1) is 0 Å². The van der Waals surface area contributed by atoms with Gasteiger partial charge in [0.05, 0.1) is 5.41 Å². The monoisotopic (exact) mass is 507 g/mol. The van der Waals surface area contributed by atoms with E-state index in [9.17, 15) is 0 Å². The highest BCUT2D eigenvalue weighted by Crippen LogP contribution is 2.51. The second kappa shape index (κ2) is 9.33. The van der Waals surface area contributed by atoms with Gasteiger partial charge in [-0.05, 0) is 60.7 Å². The summed E-state index contributed by atoms with van der Waals surface area (Å²) in [4.78, 5) is 2.38. The molecule has 1 spiro atoms. The topological polar surface area (TPSA) is 6.25 Å². The molecule has 0 saturated heterocycles. The molecule has 0 amide bonds. The Labute approximate surface area is 226 Å². The Kier molecular flexibility index (Phi) is 6.12. The van der Waals surface area contributed by atoms with Crippen LogP contribution in [0.3, 0.4) is 0 Å². The largest absolute Gasteiger partial charge is 0.347 e. The van der Waals surface area contributed by atoms with Crippen molar-refractivity contribution in [2.45, 2.75) is 56.3 Å². The summed E-state index contributed by atoms with van der Waals surface area (Å²) in [7, 11) is 4.45. The first kappa shape index (κ1) is 24.2. The molecule has 0 bridgehead atoms. The molecule has 6 rings (SSSR count). The van der Waals surface area contributed by atoms with Gasteiger partial charge >= 0.3 is 0 Å². The SMILES string of the molecule is CN1C(=CC=CC2=[N+](C)c3ccccc3C23CCCCC3)C(C)(CC=CCl)c2cc3ccccc3cc21. The Morgan fingerprint density at radius 1 is 0.946 bits per heavy atom. The molecule has 3 aromatic carbocycles. The molecule has 0 aromatic heterocycles. The fourth-order valence-corrected chi connectivity index (χ4v) is 7.41. The Balaban J connectivity index is 1.43. The lowest BCUT2D eigenvalue weighted by Crippen LogP contribution is -2.36. The van der Waals surface area contributed by atoms with Crippen molar-refractivity contribution in [2.75, 3.05) is 19.0 Å². The number of anilines is 1. The fourth-order valence-electron chi connectivity index (χ4n) is 7.32. The molecule has 1 unspecified atom stereocenters. The van der Waals surface area contributed by atoms with E-state index in [0.717, 1.165) is 6.42 Å². The van der Waals surface area contributed by atoms with E-state index in [0.29, 0.717) is 0 Å². The van der Waals surface area contributed by atoms with Crippen LogP contribution >= 0.6 is 11.6 Å². The van der Waals surface area contributed by atoms with Gasteiger partial charge in [-0.25, -0.2) is 0 Å². The average molecular weight is 508 g/mol. The summed E-state index contributed by atoms with van der Waals surface area (Å²) in [5, 5.41) is 2.56. The average Bonchev–Trinajstić information content (AvgIpc) is 3.27. The Morgan fingerprint density at radius 3 is 2.41 bits per heavy atom. The Morgan fingerprint density at radius 2 is 1.65 bits per heavy atom. The molecule has 2 nitrogen and oxygen atoms in total. The zero-order valence-corrected chi connectivity index (χ0v) is 22.9. The van der Waals surface area contributed by atoms with Crippen LogP contribution in [0.1, 0.15) is 56.6 Å². The van der Waals surface area contributed by atoms with Crippen molar-refractivity contribution < 1.29 is 4.58 Å². The van der Waals surface area contributed by atoms with Crippen LogP contribution in [0.15, 0.2) is 96.2 Å². The smallest absolute Gasteiger partial charge is 0.209 e. The number of hydrogen-bond acceptors (Lipinski definition) is 1. The number of likely N-dealkylation sites (N-methyl/N-ethyl adjacent to an activating group) is 1. The lowest BCUT2D eigenvalue weighted by molar-refractivity contribution is -0.401. The van der Waals surface area contributed by atoms with Crippen LogP contribution in [0.2, 0.25) is 0 Å². The maximum atomic E-state index is 6.04. The second-order valence-electron chi connectivity index (χ2n) is 11.2. The third kappa shape index (κ3) is 3.72. The molecular formula is C34H36ClN2+. The van der Waals surface area contributed by atoms with Crippen LogP contribution in [0.5, 0.6) is 0 Å². The van der Waals surface area contributed by atoms with E-state index in [1.54, 1.807) is 5.54 Å². The molecule has 3 aromatic rings. The van der Waals surface area contributed by atoms with Crippen LogP contribution in [0.25, 0.3) is 10.8 Å². The number of benzene rings is 3. The molecule has 1 aliphatic carbocycles. The zero-order valence-electron chi connectivity index (χ0n) is 22.2. The summed E-state index contributed by atoms with van der Waals surface area (Å²) in [6.07, 6.45) is 16.4. The van der Waals surface area contributed by atoms with Crippen LogP contribution < -0.4 is 4.90 Å². The normalized spacial score (nSPS) is 23.8. The summed E-state index contributed by atoms with van der Waals surface area (Å²) < 4.78 is 2.44. The second-order valence-corrected chi connectivity index (χ2v) is 11.4. The molecule has 1 saturated carbocycles. The molecule has 188 valence electrons. The van der Waals surface area contributed by atoms with Crippen LogP contribution in [0.4, 0.5) is 11.4 Å². The molecule has 2 aliphatic heterocycles. The van der Waals surface area contributed by atoms with Gasteiger partial charge < -0.3 is 4.90 Å². The number of halogens is 1. The first-order chi connectivity index (χ1) is 18.0. The number of hydrogen-bond donors (Lipinski definition) is 0. The highest BCUT2D eigenvalue weighted by atomic mass is 35.5. The van der Waals surface area contributed by atoms with Gasteiger partial charge in [0, 0.05) is 47.1 Å². The van der Waals surface area contributed by atoms with Gasteiger partial charge in [-0.1, -0.05) is 85.5 Å². The van der Waals surface area contributed by atoms with E-state index >= 15 is 0 Å². The minimum Gasteiger partial charge on any atom is -0.347 e. The van der Waals surface area contributed by atoms with Gasteiger partial charge in [-0.2, -0.15) is 4.58 Å². The Hall–Kier alpha value is -3.10. The molecule has 37 heavy (non-hydrogen) atoms. The lowest BCUT2D eigenvalue weighted by atomic mass is 9.67. The van der Waals surface area contributed by atoms with E-state index in [1.165, 1.54) is 76.8 Å². The van der Waals surface area contributed by atoms with Crippen LogP contribution in [-0.2, 0) is 10.8 Å². The maximum Gasteiger partial charge on any atom is 0.209 e. The third-order valence-electron chi connectivity index (χ3n) is 9.21. The van der Waals surface area contributed by atoms with Crippen molar-refractivity contribution >= 4 is 39.5 Å². The van der Waals surface area contributed by atoms with E-state index in [4.69, 9.17) is 11.6 Å². The molecule has 3 heteroatoms. The molecule has 1 atom stereocenters. The van der Waals surface area contributed by atoms with Crippen molar-refractivity contribution in [3.05, 3.63) is 107 Å². The summed E-state index contributed by atoms with van der Waals surface area (Å²) in [5.41, 5.74) is 9.93. The van der Waals surface area contributed by atoms with Crippen molar-refractivity contribution in [3.63, 3.8) is 0 Å². The summed E-state index contributed by atoms with van der Waals surface area (Å²) in [6.45, 7) is 2.36. The summed E-state index contributed by atoms with van der Waals surface area (Å²) in [6, 6.07) is 22.4. The van der Waals surface area contributed by atoms with E-state index in [1.807, 2.05) is 0 Å². The summed E-state index contributed by atoms with van der Waals surface area (Å²) in [5.74, 6) is 0. The van der Waals surface area contributed by atoms with Crippen molar-refractivity contribution in [1.29, 1.82) is 0 Å². The van der Waals surface area contributed by atoms with Crippen molar-refractivity contribution in [3.8, 4) is 0 Å². The molecule has 0 radical (unpaired) electrons. The van der Waals surface area contributed by atoms with Gasteiger partial charge in [-0.3, -0.25) is 0 Å². The van der Waals surface area contributed by atoms with Gasteiger partial charge in [0.15, 0.2) is 5.71 Å². The Bertz CT molecular complexity index is 1480. The van der Waals surface area contributed by atoms with Gasteiger partial charge in [0.25, 0.3) is 0 Å². The zero-order chi connectivity index (χ0) is 25.6. The molecule has 1 fully saturated rings.